The summed E-state index contributed by atoms with van der Waals surface area (Å²) in [5.41, 5.74) is 2.47. The van der Waals surface area contributed by atoms with Crippen LogP contribution in [0.25, 0.3) is 12.2 Å². The zero-order chi connectivity index (χ0) is 6.81. The van der Waals surface area contributed by atoms with E-state index < -0.39 is 0 Å². The highest BCUT2D eigenvalue weighted by molar-refractivity contribution is 7.08. The molecule has 0 aromatic carbocycles. The fourth-order valence-electron chi connectivity index (χ4n) is 0.858. The summed E-state index contributed by atoms with van der Waals surface area (Å²) in [5.74, 6) is 0. The van der Waals surface area contributed by atoms with Gasteiger partial charge in [-0.3, -0.25) is 0 Å². The van der Waals surface area contributed by atoms with Gasteiger partial charge in [-0.25, -0.2) is 0 Å². The quantitative estimate of drug-likeness (QED) is 0.552. The molecule has 1 aliphatic rings. The molecule has 0 aliphatic carbocycles. The molecule has 0 spiro atoms. The van der Waals surface area contributed by atoms with Gasteiger partial charge in [-0.1, -0.05) is 0 Å². The van der Waals surface area contributed by atoms with Gasteiger partial charge in [-0.15, -0.1) is 0 Å². The van der Waals surface area contributed by atoms with Crippen molar-refractivity contribution in [2.75, 3.05) is 0 Å². The molecule has 1 aliphatic heterocycles. The molecule has 0 saturated heterocycles. The Bertz CT molecular complexity index is 257. The molecule has 0 saturated carbocycles. The summed E-state index contributed by atoms with van der Waals surface area (Å²) in [5, 5.41) is 4.20. The van der Waals surface area contributed by atoms with E-state index in [0.717, 1.165) is 0 Å². The summed E-state index contributed by atoms with van der Waals surface area (Å²) in [6.07, 6.45) is 7.31. The molecule has 0 radical (unpaired) electrons. The van der Waals surface area contributed by atoms with Crippen molar-refractivity contribution in [3.05, 3.63) is 34.4 Å². The van der Waals surface area contributed by atoms with E-state index in [9.17, 15) is 0 Å². The third kappa shape index (κ3) is 0.866. The highest BCUT2D eigenvalue weighted by Gasteiger charge is 1.97. The van der Waals surface area contributed by atoms with E-state index in [1.807, 2.05) is 12.2 Å². The first-order valence-electron chi connectivity index (χ1n) is 3.01. The third-order valence-corrected chi connectivity index (χ3v) is 2.16. The minimum Gasteiger partial charge on any atom is -0.473 e. The van der Waals surface area contributed by atoms with E-state index in [1.54, 1.807) is 23.9 Å². The molecule has 0 amide bonds. The molecule has 1 aromatic rings. The maximum absolute atomic E-state index is 4.98. The van der Waals surface area contributed by atoms with Crippen LogP contribution in [0.3, 0.4) is 0 Å². The number of hydrogen-bond donors (Lipinski definition) is 0. The van der Waals surface area contributed by atoms with Gasteiger partial charge in [0.1, 0.15) is 0 Å². The first-order chi connectivity index (χ1) is 4.97. The number of hydrogen-bond acceptors (Lipinski definition) is 2. The Morgan fingerprint density at radius 2 is 1.60 bits per heavy atom. The van der Waals surface area contributed by atoms with E-state index in [0.29, 0.717) is 0 Å². The number of fused-ring (bicyclic) bond motifs is 1. The first-order valence-corrected chi connectivity index (χ1v) is 3.96. The lowest BCUT2D eigenvalue weighted by atomic mass is 10.2. The van der Waals surface area contributed by atoms with Gasteiger partial charge in [0.2, 0.25) is 0 Å². The van der Waals surface area contributed by atoms with Crippen LogP contribution in [0.4, 0.5) is 0 Å². The van der Waals surface area contributed by atoms with Crippen LogP contribution in [-0.4, -0.2) is 0 Å². The van der Waals surface area contributed by atoms with Gasteiger partial charge in [-0.05, 0) is 34.0 Å². The smallest absolute Gasteiger partial charge is 0.0907 e. The molecule has 0 fully saturated rings. The van der Waals surface area contributed by atoms with Crippen LogP contribution >= 0.6 is 11.3 Å². The van der Waals surface area contributed by atoms with Crippen LogP contribution in [0.5, 0.6) is 0 Å². The van der Waals surface area contributed by atoms with E-state index >= 15 is 0 Å². The van der Waals surface area contributed by atoms with Crippen LogP contribution in [0, 0.1) is 0 Å². The van der Waals surface area contributed by atoms with Crippen molar-refractivity contribution in [2.45, 2.75) is 0 Å². The predicted molar refractivity (Wildman–Crippen MR) is 43.5 cm³/mol. The largest absolute Gasteiger partial charge is 0.473 e. The molecule has 2 rings (SSSR count). The average molecular weight is 150 g/mol. The Labute approximate surface area is 63.3 Å². The number of thiophene rings is 1. The Kier molecular flexibility index (Phi) is 1.32. The number of rotatable bonds is 0. The standard InChI is InChI=1S/C8H6OS/c1-3-9-4-2-8-6-10-5-7(1)8/h1-6H. The van der Waals surface area contributed by atoms with Crippen molar-refractivity contribution in [1.82, 2.24) is 0 Å². The molecule has 0 atom stereocenters. The third-order valence-electron chi connectivity index (χ3n) is 1.38. The van der Waals surface area contributed by atoms with Crippen molar-refractivity contribution in [2.24, 2.45) is 0 Å². The molecule has 1 nitrogen and oxygen atoms in total. The lowest BCUT2D eigenvalue weighted by Crippen LogP contribution is -1.66. The van der Waals surface area contributed by atoms with E-state index in [1.165, 1.54) is 11.1 Å². The second-order valence-corrected chi connectivity index (χ2v) is 2.77. The zero-order valence-electron chi connectivity index (χ0n) is 5.28. The molecule has 10 heavy (non-hydrogen) atoms. The maximum atomic E-state index is 4.98. The van der Waals surface area contributed by atoms with Crippen LogP contribution in [0.15, 0.2) is 23.3 Å². The summed E-state index contributed by atoms with van der Waals surface area (Å²) in [6, 6.07) is 0. The van der Waals surface area contributed by atoms with Gasteiger partial charge in [0.05, 0.1) is 12.5 Å². The van der Waals surface area contributed by atoms with Gasteiger partial charge in [0.25, 0.3) is 0 Å². The van der Waals surface area contributed by atoms with Crippen molar-refractivity contribution in [3.8, 4) is 0 Å². The minimum absolute atomic E-state index is 1.23. The fraction of sp³-hybridized carbons (Fsp3) is 0. The van der Waals surface area contributed by atoms with Gasteiger partial charge < -0.3 is 4.74 Å². The SMILES string of the molecule is C1=Cc2cscc2C=CO1. The molecular weight excluding hydrogens is 144 g/mol. The summed E-state index contributed by atoms with van der Waals surface area (Å²) < 4.78 is 4.98. The molecular formula is C8H6OS. The van der Waals surface area contributed by atoms with Gasteiger partial charge >= 0.3 is 0 Å². The normalized spacial score (nSPS) is 14.0. The Morgan fingerprint density at radius 3 is 2.20 bits per heavy atom. The fourth-order valence-corrected chi connectivity index (χ4v) is 1.65. The Hall–Kier alpha value is -1.02. The lowest BCUT2D eigenvalue weighted by molar-refractivity contribution is 0.411. The van der Waals surface area contributed by atoms with Crippen LogP contribution in [0.2, 0.25) is 0 Å². The van der Waals surface area contributed by atoms with Gasteiger partial charge in [0, 0.05) is 0 Å². The van der Waals surface area contributed by atoms with Crippen molar-refractivity contribution >= 4 is 23.5 Å². The van der Waals surface area contributed by atoms with Crippen molar-refractivity contribution in [1.29, 1.82) is 0 Å². The van der Waals surface area contributed by atoms with Gasteiger partial charge in [0.15, 0.2) is 0 Å². The second-order valence-electron chi connectivity index (χ2n) is 2.02. The van der Waals surface area contributed by atoms with E-state index in [-0.39, 0.29) is 0 Å². The van der Waals surface area contributed by atoms with Crippen LogP contribution in [0.1, 0.15) is 11.1 Å². The monoisotopic (exact) mass is 150 g/mol. The Balaban J connectivity index is 2.56. The molecule has 50 valence electrons. The molecule has 2 heterocycles. The van der Waals surface area contributed by atoms with Crippen LogP contribution < -0.4 is 0 Å². The van der Waals surface area contributed by atoms with Crippen LogP contribution in [-0.2, 0) is 4.74 Å². The van der Waals surface area contributed by atoms with Gasteiger partial charge in [-0.2, -0.15) is 11.3 Å². The lowest BCUT2D eigenvalue weighted by Gasteiger charge is -1.83. The maximum Gasteiger partial charge on any atom is 0.0907 e. The topological polar surface area (TPSA) is 9.23 Å². The van der Waals surface area contributed by atoms with E-state index in [2.05, 4.69) is 10.8 Å². The Morgan fingerprint density at radius 1 is 1.00 bits per heavy atom. The van der Waals surface area contributed by atoms with Crippen molar-refractivity contribution < 1.29 is 4.74 Å². The average Bonchev–Trinajstić information content (AvgIpc) is 2.28. The molecule has 1 aromatic heterocycles. The molecule has 2 heteroatoms. The number of ether oxygens (including phenoxy) is 1. The molecule has 0 unspecified atom stereocenters. The summed E-state index contributed by atoms with van der Waals surface area (Å²) >= 11 is 1.71. The highest BCUT2D eigenvalue weighted by atomic mass is 32.1. The predicted octanol–water partition coefficient (Wildman–Crippen LogP) is 2.72. The molecule has 0 N–H and O–H groups in total. The van der Waals surface area contributed by atoms with E-state index in [4.69, 9.17) is 4.74 Å². The summed E-state index contributed by atoms with van der Waals surface area (Å²) in [4.78, 5) is 0. The highest BCUT2D eigenvalue weighted by Crippen LogP contribution is 2.19. The first kappa shape index (κ1) is 5.74. The second kappa shape index (κ2) is 2.31. The zero-order valence-corrected chi connectivity index (χ0v) is 6.10. The summed E-state index contributed by atoms with van der Waals surface area (Å²) in [6.45, 7) is 0. The van der Waals surface area contributed by atoms with Crippen molar-refractivity contribution in [3.63, 3.8) is 0 Å². The molecule has 0 bridgehead atoms. The minimum atomic E-state index is 1.23. The summed E-state index contributed by atoms with van der Waals surface area (Å²) in [7, 11) is 0.